The summed E-state index contributed by atoms with van der Waals surface area (Å²) in [5.41, 5.74) is 2.72. The second-order valence-corrected chi connectivity index (χ2v) is 8.37. The van der Waals surface area contributed by atoms with Crippen molar-refractivity contribution in [3.63, 3.8) is 0 Å². The lowest BCUT2D eigenvalue weighted by Crippen LogP contribution is -2.27. The van der Waals surface area contributed by atoms with Gasteiger partial charge in [-0.15, -0.1) is 0 Å². The molecule has 0 aliphatic carbocycles. The first kappa shape index (κ1) is 18.6. The first-order chi connectivity index (χ1) is 13.5. The van der Waals surface area contributed by atoms with Gasteiger partial charge in [-0.3, -0.25) is 4.98 Å². The molecule has 4 aromatic rings. The standard InChI is InChI=1S/C20H17ClN4O2S/c21-16-5-7-17(8-6-16)28(26,27)23-13-14-25-19-4-2-1-3-18(19)24-20(25)15-9-11-22-12-10-15/h1-12,23H,13-14H2. The van der Waals surface area contributed by atoms with Gasteiger partial charge in [-0.1, -0.05) is 23.7 Å². The van der Waals surface area contributed by atoms with Crippen LogP contribution in [0.4, 0.5) is 0 Å². The highest BCUT2D eigenvalue weighted by atomic mass is 35.5. The van der Waals surface area contributed by atoms with Crippen molar-refractivity contribution in [1.82, 2.24) is 19.3 Å². The Hall–Kier alpha value is -2.74. The van der Waals surface area contributed by atoms with Gasteiger partial charge >= 0.3 is 0 Å². The second kappa shape index (κ2) is 7.71. The van der Waals surface area contributed by atoms with Crippen molar-refractivity contribution in [1.29, 1.82) is 0 Å². The molecule has 0 saturated heterocycles. The number of nitrogens with one attached hydrogen (secondary N) is 1. The fourth-order valence-corrected chi connectivity index (χ4v) is 4.16. The van der Waals surface area contributed by atoms with Gasteiger partial charge in [0.1, 0.15) is 5.82 Å². The summed E-state index contributed by atoms with van der Waals surface area (Å²) in [6.45, 7) is 0.661. The first-order valence-corrected chi connectivity index (χ1v) is 10.5. The van der Waals surface area contributed by atoms with Gasteiger partial charge in [0.25, 0.3) is 0 Å². The molecule has 0 fully saturated rings. The van der Waals surface area contributed by atoms with Gasteiger partial charge < -0.3 is 4.57 Å². The SMILES string of the molecule is O=S(=O)(NCCn1c(-c2ccncc2)nc2ccccc21)c1ccc(Cl)cc1. The Balaban J connectivity index is 1.60. The van der Waals surface area contributed by atoms with Crippen LogP contribution in [0.25, 0.3) is 22.4 Å². The minimum Gasteiger partial charge on any atom is -0.323 e. The Bertz CT molecular complexity index is 1210. The van der Waals surface area contributed by atoms with Gasteiger partial charge in [-0.25, -0.2) is 18.1 Å². The van der Waals surface area contributed by atoms with Crippen molar-refractivity contribution in [3.05, 3.63) is 78.1 Å². The third-order valence-corrected chi connectivity index (χ3v) is 6.07. The molecule has 0 atom stereocenters. The molecule has 4 rings (SSSR count). The number of nitrogens with zero attached hydrogens (tertiary/aromatic N) is 3. The molecule has 2 aromatic carbocycles. The molecule has 142 valence electrons. The Morgan fingerprint density at radius 3 is 2.43 bits per heavy atom. The van der Waals surface area contributed by atoms with Crippen LogP contribution in [0.5, 0.6) is 0 Å². The van der Waals surface area contributed by atoms with Crippen LogP contribution in [0.2, 0.25) is 5.02 Å². The average Bonchev–Trinajstić information content (AvgIpc) is 3.08. The predicted octanol–water partition coefficient (Wildman–Crippen LogP) is 3.73. The number of pyridine rings is 1. The van der Waals surface area contributed by atoms with Crippen molar-refractivity contribution >= 4 is 32.7 Å². The van der Waals surface area contributed by atoms with Crippen LogP contribution in [0, 0.1) is 0 Å². The van der Waals surface area contributed by atoms with Gasteiger partial charge in [0.05, 0.1) is 15.9 Å². The van der Waals surface area contributed by atoms with Gasteiger partial charge in [0.2, 0.25) is 10.0 Å². The number of aromatic nitrogens is 3. The number of benzene rings is 2. The second-order valence-electron chi connectivity index (χ2n) is 6.16. The molecular weight excluding hydrogens is 396 g/mol. The van der Waals surface area contributed by atoms with E-state index in [1.165, 1.54) is 12.1 Å². The van der Waals surface area contributed by atoms with Crippen LogP contribution in [0.1, 0.15) is 0 Å². The van der Waals surface area contributed by atoms with Crippen molar-refractivity contribution in [2.45, 2.75) is 11.4 Å². The minimum atomic E-state index is -3.61. The molecule has 0 aliphatic heterocycles. The summed E-state index contributed by atoms with van der Waals surface area (Å²) in [4.78, 5) is 8.94. The zero-order chi connectivity index (χ0) is 19.6. The smallest absolute Gasteiger partial charge is 0.240 e. The molecule has 0 unspecified atom stereocenters. The van der Waals surface area contributed by atoms with E-state index in [0.29, 0.717) is 11.6 Å². The van der Waals surface area contributed by atoms with Crippen LogP contribution >= 0.6 is 11.6 Å². The number of imidazole rings is 1. The highest BCUT2D eigenvalue weighted by Crippen LogP contribution is 2.24. The predicted molar refractivity (Wildman–Crippen MR) is 110 cm³/mol. The topological polar surface area (TPSA) is 76.9 Å². The van der Waals surface area contributed by atoms with E-state index in [4.69, 9.17) is 16.6 Å². The average molecular weight is 413 g/mol. The normalized spacial score (nSPS) is 11.8. The van der Waals surface area contributed by atoms with Crippen LogP contribution < -0.4 is 4.72 Å². The molecule has 0 amide bonds. The summed E-state index contributed by atoms with van der Waals surface area (Å²) in [6.07, 6.45) is 3.42. The molecule has 0 radical (unpaired) electrons. The van der Waals surface area contributed by atoms with Crippen molar-refractivity contribution in [2.24, 2.45) is 0 Å². The van der Waals surface area contributed by atoms with Gasteiger partial charge in [-0.05, 0) is 48.5 Å². The van der Waals surface area contributed by atoms with E-state index in [2.05, 4.69) is 9.71 Å². The highest BCUT2D eigenvalue weighted by Gasteiger charge is 2.16. The zero-order valence-electron chi connectivity index (χ0n) is 14.8. The molecule has 2 heterocycles. The van der Waals surface area contributed by atoms with Crippen molar-refractivity contribution in [2.75, 3.05) is 6.54 Å². The Morgan fingerprint density at radius 1 is 0.964 bits per heavy atom. The summed E-state index contributed by atoms with van der Waals surface area (Å²) in [6, 6.07) is 17.6. The largest absolute Gasteiger partial charge is 0.323 e. The molecule has 0 spiro atoms. The highest BCUT2D eigenvalue weighted by molar-refractivity contribution is 7.89. The van der Waals surface area contributed by atoms with Gasteiger partial charge in [-0.2, -0.15) is 0 Å². The molecule has 0 bridgehead atoms. The fourth-order valence-electron chi connectivity index (χ4n) is 3.01. The number of hydrogen-bond donors (Lipinski definition) is 1. The molecule has 0 aliphatic rings. The lowest BCUT2D eigenvalue weighted by molar-refractivity contribution is 0.574. The Kier molecular flexibility index (Phi) is 5.13. The maximum absolute atomic E-state index is 12.5. The van der Waals surface area contributed by atoms with Crippen molar-refractivity contribution in [3.8, 4) is 11.4 Å². The monoisotopic (exact) mass is 412 g/mol. The van der Waals surface area contributed by atoms with Crippen LogP contribution in [0.3, 0.4) is 0 Å². The van der Waals surface area contributed by atoms with Crippen molar-refractivity contribution < 1.29 is 8.42 Å². The molecule has 28 heavy (non-hydrogen) atoms. The molecule has 8 heteroatoms. The Labute approximate surface area is 167 Å². The Morgan fingerprint density at radius 2 is 1.68 bits per heavy atom. The van der Waals surface area contributed by atoms with E-state index < -0.39 is 10.0 Å². The fraction of sp³-hybridized carbons (Fsp3) is 0.100. The number of rotatable bonds is 6. The molecular formula is C20H17ClN4O2S. The molecule has 2 aromatic heterocycles. The van der Waals surface area contributed by atoms with Crippen LogP contribution in [-0.2, 0) is 16.6 Å². The third kappa shape index (κ3) is 3.77. The van der Waals surface area contributed by atoms with Gasteiger partial charge in [0.15, 0.2) is 0 Å². The quantitative estimate of drug-likeness (QED) is 0.523. The maximum atomic E-state index is 12.5. The summed E-state index contributed by atoms with van der Waals surface area (Å²) in [7, 11) is -3.61. The number of fused-ring (bicyclic) bond motifs is 1. The minimum absolute atomic E-state index is 0.182. The first-order valence-electron chi connectivity index (χ1n) is 8.65. The van der Waals surface area contributed by atoms with E-state index in [-0.39, 0.29) is 11.4 Å². The van der Waals surface area contributed by atoms with E-state index >= 15 is 0 Å². The van der Waals surface area contributed by atoms with Gasteiger partial charge in [0, 0.05) is 36.1 Å². The number of halogens is 1. The van der Waals surface area contributed by atoms with E-state index in [1.807, 2.05) is 41.0 Å². The molecule has 6 nitrogen and oxygen atoms in total. The van der Waals surface area contributed by atoms with E-state index in [1.54, 1.807) is 24.5 Å². The van der Waals surface area contributed by atoms with E-state index in [9.17, 15) is 8.42 Å². The summed E-state index contributed by atoms with van der Waals surface area (Å²) in [5, 5.41) is 0.492. The maximum Gasteiger partial charge on any atom is 0.240 e. The summed E-state index contributed by atoms with van der Waals surface area (Å²) < 4.78 is 29.7. The lowest BCUT2D eigenvalue weighted by atomic mass is 10.2. The number of sulfonamides is 1. The number of para-hydroxylation sites is 2. The summed E-state index contributed by atoms with van der Waals surface area (Å²) in [5.74, 6) is 0.772. The van der Waals surface area contributed by atoms with Crippen LogP contribution in [-0.4, -0.2) is 29.5 Å². The third-order valence-electron chi connectivity index (χ3n) is 4.34. The summed E-state index contributed by atoms with van der Waals surface area (Å²) >= 11 is 5.83. The van der Waals surface area contributed by atoms with Crippen LogP contribution in [0.15, 0.2) is 78.0 Å². The molecule has 1 N–H and O–H groups in total. The zero-order valence-corrected chi connectivity index (χ0v) is 16.4. The lowest BCUT2D eigenvalue weighted by Gasteiger charge is -2.11. The van der Waals surface area contributed by atoms with E-state index in [0.717, 1.165) is 22.4 Å². The molecule has 0 saturated carbocycles. The number of hydrogen-bond acceptors (Lipinski definition) is 4.